The van der Waals surface area contributed by atoms with Crippen LogP contribution in [-0.2, 0) is 0 Å². The third-order valence-corrected chi connectivity index (χ3v) is 2.23. The van der Waals surface area contributed by atoms with Gasteiger partial charge in [-0.15, -0.1) is 0 Å². The quantitative estimate of drug-likeness (QED) is 0.734. The summed E-state index contributed by atoms with van der Waals surface area (Å²) in [6.07, 6.45) is 0. The molecule has 0 amide bonds. The van der Waals surface area contributed by atoms with Crippen molar-refractivity contribution in [1.82, 2.24) is 0 Å². The van der Waals surface area contributed by atoms with Gasteiger partial charge in [-0.2, -0.15) is 0 Å². The molecule has 0 aliphatic heterocycles. The largest absolute Gasteiger partial charge is 0.329 e. The standard InChI is InChI=1S/C9H13ClN2/c1-6-3-2-4-7(10)9(6)8(12)5-11/h2-4,8H,5,11-12H2,1H3/t8-/m0/s1. The molecule has 0 heterocycles. The van der Waals surface area contributed by atoms with Gasteiger partial charge in [-0.05, 0) is 24.1 Å². The lowest BCUT2D eigenvalue weighted by Gasteiger charge is -2.13. The minimum absolute atomic E-state index is 0.154. The van der Waals surface area contributed by atoms with Crippen LogP contribution in [0.5, 0.6) is 0 Å². The van der Waals surface area contributed by atoms with Crippen molar-refractivity contribution >= 4 is 11.6 Å². The number of hydrogen-bond acceptors (Lipinski definition) is 2. The van der Waals surface area contributed by atoms with E-state index in [1.165, 1.54) is 0 Å². The highest BCUT2D eigenvalue weighted by molar-refractivity contribution is 6.31. The Kier molecular flexibility index (Phi) is 3.09. The molecule has 1 atom stereocenters. The maximum Gasteiger partial charge on any atom is 0.0456 e. The summed E-state index contributed by atoms with van der Waals surface area (Å²) in [5.74, 6) is 0. The van der Waals surface area contributed by atoms with Crippen molar-refractivity contribution in [3.8, 4) is 0 Å². The van der Waals surface area contributed by atoms with Crippen molar-refractivity contribution in [1.29, 1.82) is 0 Å². The maximum absolute atomic E-state index is 5.97. The molecule has 66 valence electrons. The van der Waals surface area contributed by atoms with Crippen molar-refractivity contribution in [2.24, 2.45) is 11.5 Å². The second-order valence-corrected chi connectivity index (χ2v) is 3.22. The van der Waals surface area contributed by atoms with Gasteiger partial charge in [0, 0.05) is 17.6 Å². The Morgan fingerprint density at radius 3 is 2.67 bits per heavy atom. The van der Waals surface area contributed by atoms with Crippen molar-refractivity contribution < 1.29 is 0 Å². The topological polar surface area (TPSA) is 52.0 Å². The molecule has 4 N–H and O–H groups in total. The van der Waals surface area contributed by atoms with E-state index in [2.05, 4.69) is 0 Å². The van der Waals surface area contributed by atoms with Gasteiger partial charge in [-0.25, -0.2) is 0 Å². The third kappa shape index (κ3) is 1.78. The number of halogens is 1. The molecule has 1 rings (SSSR count). The first kappa shape index (κ1) is 9.52. The average Bonchev–Trinajstić information content (AvgIpc) is 2.03. The predicted molar refractivity (Wildman–Crippen MR) is 52.2 cm³/mol. The average molecular weight is 185 g/mol. The van der Waals surface area contributed by atoms with Crippen molar-refractivity contribution in [3.63, 3.8) is 0 Å². The monoisotopic (exact) mass is 184 g/mol. The highest BCUT2D eigenvalue weighted by Gasteiger charge is 2.10. The molecule has 1 aromatic carbocycles. The summed E-state index contributed by atoms with van der Waals surface area (Å²) in [5, 5.41) is 0.702. The Morgan fingerprint density at radius 2 is 2.17 bits per heavy atom. The van der Waals surface area contributed by atoms with Crippen LogP contribution in [0.15, 0.2) is 18.2 Å². The van der Waals surface area contributed by atoms with Crippen LogP contribution in [0, 0.1) is 6.92 Å². The van der Waals surface area contributed by atoms with Gasteiger partial charge in [0.05, 0.1) is 0 Å². The normalized spacial score (nSPS) is 13.0. The molecule has 0 saturated heterocycles. The Hall–Kier alpha value is -0.570. The van der Waals surface area contributed by atoms with Crippen molar-refractivity contribution in [2.45, 2.75) is 13.0 Å². The number of nitrogens with two attached hydrogens (primary N) is 2. The predicted octanol–water partition coefficient (Wildman–Crippen LogP) is 1.61. The van der Waals surface area contributed by atoms with Gasteiger partial charge in [0.25, 0.3) is 0 Å². The van der Waals surface area contributed by atoms with Crippen LogP contribution < -0.4 is 11.5 Å². The first-order chi connectivity index (χ1) is 5.66. The summed E-state index contributed by atoms with van der Waals surface area (Å²) < 4.78 is 0. The molecular weight excluding hydrogens is 172 g/mol. The Balaban J connectivity index is 3.12. The molecule has 3 heteroatoms. The van der Waals surface area contributed by atoms with Gasteiger partial charge >= 0.3 is 0 Å². The summed E-state index contributed by atoms with van der Waals surface area (Å²) in [6, 6.07) is 5.57. The second-order valence-electron chi connectivity index (χ2n) is 2.81. The first-order valence-electron chi connectivity index (χ1n) is 3.87. The maximum atomic E-state index is 5.97. The van der Waals surface area contributed by atoms with E-state index < -0.39 is 0 Å². The lowest BCUT2D eigenvalue weighted by atomic mass is 10.0. The Labute approximate surface area is 77.5 Å². The molecule has 2 nitrogen and oxygen atoms in total. The van der Waals surface area contributed by atoms with Gasteiger partial charge < -0.3 is 11.5 Å². The van der Waals surface area contributed by atoms with Gasteiger partial charge in [-0.1, -0.05) is 23.7 Å². The summed E-state index contributed by atoms with van der Waals surface area (Å²) in [7, 11) is 0. The van der Waals surface area contributed by atoms with Crippen LogP contribution in [0.1, 0.15) is 17.2 Å². The van der Waals surface area contributed by atoms with Gasteiger partial charge in [0.1, 0.15) is 0 Å². The van der Waals surface area contributed by atoms with Gasteiger partial charge in [0.15, 0.2) is 0 Å². The van der Waals surface area contributed by atoms with Crippen LogP contribution in [0.3, 0.4) is 0 Å². The summed E-state index contributed by atoms with van der Waals surface area (Å²) in [4.78, 5) is 0. The molecule has 1 aromatic rings. The molecular formula is C9H13ClN2. The van der Waals surface area contributed by atoms with Crippen molar-refractivity contribution in [3.05, 3.63) is 34.3 Å². The van der Waals surface area contributed by atoms with E-state index in [1.54, 1.807) is 0 Å². The van der Waals surface area contributed by atoms with Gasteiger partial charge in [-0.3, -0.25) is 0 Å². The Bertz CT molecular complexity index is 253. The fraction of sp³-hybridized carbons (Fsp3) is 0.333. The zero-order chi connectivity index (χ0) is 9.14. The molecule has 0 aliphatic carbocycles. The van der Waals surface area contributed by atoms with E-state index in [9.17, 15) is 0 Å². The summed E-state index contributed by atoms with van der Waals surface area (Å²) in [5.41, 5.74) is 13.3. The molecule has 0 aromatic heterocycles. The number of rotatable bonds is 2. The smallest absolute Gasteiger partial charge is 0.0456 e. The highest BCUT2D eigenvalue weighted by atomic mass is 35.5. The van der Waals surface area contributed by atoms with E-state index in [0.29, 0.717) is 11.6 Å². The Morgan fingerprint density at radius 1 is 1.50 bits per heavy atom. The molecule has 0 saturated carbocycles. The van der Waals surface area contributed by atoms with Crippen LogP contribution in [0.4, 0.5) is 0 Å². The first-order valence-corrected chi connectivity index (χ1v) is 4.25. The fourth-order valence-electron chi connectivity index (χ4n) is 1.23. The second kappa shape index (κ2) is 3.90. The SMILES string of the molecule is Cc1cccc(Cl)c1[C@@H](N)CN. The highest BCUT2D eigenvalue weighted by Crippen LogP contribution is 2.23. The van der Waals surface area contributed by atoms with Crippen LogP contribution >= 0.6 is 11.6 Å². The van der Waals surface area contributed by atoms with E-state index in [-0.39, 0.29) is 6.04 Å². The molecule has 0 unspecified atom stereocenters. The lowest BCUT2D eigenvalue weighted by Crippen LogP contribution is -2.21. The van der Waals surface area contributed by atoms with E-state index in [0.717, 1.165) is 11.1 Å². The minimum atomic E-state index is -0.154. The summed E-state index contributed by atoms with van der Waals surface area (Å²) >= 11 is 5.97. The fourth-order valence-corrected chi connectivity index (χ4v) is 1.59. The lowest BCUT2D eigenvalue weighted by molar-refractivity contribution is 0.732. The zero-order valence-electron chi connectivity index (χ0n) is 7.05. The van der Waals surface area contributed by atoms with Crippen LogP contribution in [0.25, 0.3) is 0 Å². The molecule has 0 spiro atoms. The number of hydrogen-bond donors (Lipinski definition) is 2. The number of aryl methyl sites for hydroxylation is 1. The van der Waals surface area contributed by atoms with Crippen LogP contribution in [-0.4, -0.2) is 6.54 Å². The molecule has 0 bridgehead atoms. The van der Waals surface area contributed by atoms with E-state index >= 15 is 0 Å². The van der Waals surface area contributed by atoms with Gasteiger partial charge in [0.2, 0.25) is 0 Å². The number of benzene rings is 1. The van der Waals surface area contributed by atoms with Crippen molar-refractivity contribution in [2.75, 3.05) is 6.54 Å². The molecule has 0 aliphatic rings. The van der Waals surface area contributed by atoms with E-state index in [4.69, 9.17) is 23.1 Å². The molecule has 12 heavy (non-hydrogen) atoms. The minimum Gasteiger partial charge on any atom is -0.329 e. The third-order valence-electron chi connectivity index (χ3n) is 1.90. The molecule has 0 fully saturated rings. The van der Waals surface area contributed by atoms with Crippen LogP contribution in [0.2, 0.25) is 5.02 Å². The zero-order valence-corrected chi connectivity index (χ0v) is 7.81. The summed E-state index contributed by atoms with van der Waals surface area (Å²) in [6.45, 7) is 2.40. The molecule has 0 radical (unpaired) electrons. The van der Waals surface area contributed by atoms with E-state index in [1.807, 2.05) is 25.1 Å².